The molecule has 0 fully saturated rings. The van der Waals surface area contributed by atoms with Gasteiger partial charge in [0.2, 0.25) is 10.0 Å². The van der Waals surface area contributed by atoms with Gasteiger partial charge >= 0.3 is 0 Å². The second-order valence-electron chi connectivity index (χ2n) is 5.16. The second kappa shape index (κ2) is 7.09. The van der Waals surface area contributed by atoms with Crippen LogP contribution in [0.1, 0.15) is 44.7 Å². The van der Waals surface area contributed by atoms with Crippen LogP contribution < -0.4 is 9.46 Å². The normalized spacial score (nSPS) is 13.2. The van der Waals surface area contributed by atoms with Crippen LogP contribution in [0.15, 0.2) is 17.0 Å². The zero-order chi connectivity index (χ0) is 15.3. The monoisotopic (exact) mass is 299 g/mol. The van der Waals surface area contributed by atoms with Gasteiger partial charge in [0.15, 0.2) is 0 Å². The minimum Gasteiger partial charge on any atom is -0.492 e. The van der Waals surface area contributed by atoms with E-state index < -0.39 is 10.0 Å². The smallest absolute Gasteiger partial charge is 0.244 e. The molecule has 4 nitrogen and oxygen atoms in total. The van der Waals surface area contributed by atoms with Crippen LogP contribution in [0.4, 0.5) is 0 Å². The summed E-state index contributed by atoms with van der Waals surface area (Å²) in [6.07, 6.45) is 1.58. The Hall–Kier alpha value is -1.07. The molecule has 0 aromatic heterocycles. The van der Waals surface area contributed by atoms with E-state index in [9.17, 15) is 8.42 Å². The SMILES string of the molecule is CCCOc1cc(C)c(C)cc1S(=O)(=O)N[C@H](C)CC. The lowest BCUT2D eigenvalue weighted by atomic mass is 10.1. The lowest BCUT2D eigenvalue weighted by Crippen LogP contribution is -2.32. The summed E-state index contributed by atoms with van der Waals surface area (Å²) in [5.41, 5.74) is 1.97. The highest BCUT2D eigenvalue weighted by atomic mass is 32.2. The number of aryl methyl sites for hydroxylation is 2. The van der Waals surface area contributed by atoms with Crippen molar-refractivity contribution < 1.29 is 13.2 Å². The van der Waals surface area contributed by atoms with Crippen molar-refractivity contribution in [2.75, 3.05) is 6.61 Å². The highest BCUT2D eigenvalue weighted by Gasteiger charge is 2.22. The maximum absolute atomic E-state index is 12.5. The highest BCUT2D eigenvalue weighted by Crippen LogP contribution is 2.28. The minimum absolute atomic E-state index is 0.0966. The number of hydrogen-bond acceptors (Lipinski definition) is 3. The fourth-order valence-corrected chi connectivity index (χ4v) is 3.25. The molecule has 0 saturated heterocycles. The van der Waals surface area contributed by atoms with Crippen LogP contribution in [0, 0.1) is 13.8 Å². The standard InChI is InChI=1S/C15H25NO3S/c1-6-8-19-14-9-11(3)12(4)10-15(14)20(17,18)16-13(5)7-2/h9-10,13,16H,6-8H2,1-5H3/t13-/m1/s1. The van der Waals surface area contributed by atoms with Gasteiger partial charge < -0.3 is 4.74 Å². The number of hydrogen-bond donors (Lipinski definition) is 1. The fourth-order valence-electron chi connectivity index (χ4n) is 1.71. The quantitative estimate of drug-likeness (QED) is 0.841. The number of sulfonamides is 1. The van der Waals surface area contributed by atoms with Crippen molar-refractivity contribution >= 4 is 10.0 Å². The molecule has 0 heterocycles. The first kappa shape index (κ1) is 17.0. The van der Waals surface area contributed by atoms with Crippen LogP contribution in [0.25, 0.3) is 0 Å². The molecule has 0 aliphatic rings. The van der Waals surface area contributed by atoms with Gasteiger partial charge in [0.25, 0.3) is 0 Å². The van der Waals surface area contributed by atoms with E-state index in [0.717, 1.165) is 24.0 Å². The molecule has 0 bridgehead atoms. The van der Waals surface area contributed by atoms with Gasteiger partial charge in [-0.05, 0) is 56.9 Å². The molecule has 0 spiro atoms. The molecule has 1 rings (SSSR count). The number of ether oxygens (including phenoxy) is 1. The summed E-state index contributed by atoms with van der Waals surface area (Å²) in [6, 6.07) is 3.39. The van der Waals surface area contributed by atoms with Crippen molar-refractivity contribution in [2.45, 2.75) is 58.4 Å². The Morgan fingerprint density at radius 2 is 1.80 bits per heavy atom. The molecule has 114 valence electrons. The van der Waals surface area contributed by atoms with E-state index in [4.69, 9.17) is 4.74 Å². The molecular formula is C15H25NO3S. The Morgan fingerprint density at radius 1 is 1.20 bits per heavy atom. The average Bonchev–Trinajstić information content (AvgIpc) is 2.38. The minimum atomic E-state index is -3.55. The zero-order valence-electron chi connectivity index (χ0n) is 13.0. The Bertz CT molecular complexity index is 552. The zero-order valence-corrected chi connectivity index (χ0v) is 13.8. The van der Waals surface area contributed by atoms with E-state index in [1.165, 1.54) is 0 Å². The molecule has 0 unspecified atom stereocenters. The molecule has 0 saturated carbocycles. The predicted octanol–water partition coefficient (Wildman–Crippen LogP) is 3.17. The van der Waals surface area contributed by atoms with Crippen molar-refractivity contribution in [3.05, 3.63) is 23.3 Å². The van der Waals surface area contributed by atoms with E-state index in [1.807, 2.05) is 34.6 Å². The molecule has 1 aromatic rings. The van der Waals surface area contributed by atoms with Crippen LogP contribution in [0.2, 0.25) is 0 Å². The fraction of sp³-hybridized carbons (Fsp3) is 0.600. The van der Waals surface area contributed by atoms with Gasteiger partial charge in [0.1, 0.15) is 10.6 Å². The van der Waals surface area contributed by atoms with Crippen LogP contribution >= 0.6 is 0 Å². The van der Waals surface area contributed by atoms with Gasteiger partial charge in [-0.15, -0.1) is 0 Å². The molecule has 0 radical (unpaired) electrons. The van der Waals surface area contributed by atoms with Crippen LogP contribution in [-0.4, -0.2) is 21.1 Å². The Morgan fingerprint density at radius 3 is 2.35 bits per heavy atom. The van der Waals surface area contributed by atoms with Crippen molar-refractivity contribution in [3.8, 4) is 5.75 Å². The third-order valence-corrected chi connectivity index (χ3v) is 4.89. The Kier molecular flexibility index (Phi) is 6.02. The summed E-state index contributed by atoms with van der Waals surface area (Å²) < 4.78 is 33.2. The summed E-state index contributed by atoms with van der Waals surface area (Å²) in [5.74, 6) is 0.436. The van der Waals surface area contributed by atoms with Crippen LogP contribution in [0.5, 0.6) is 5.75 Å². The average molecular weight is 299 g/mol. The van der Waals surface area contributed by atoms with Gasteiger partial charge in [-0.3, -0.25) is 0 Å². The summed E-state index contributed by atoms with van der Waals surface area (Å²) in [4.78, 5) is 0.231. The predicted molar refractivity (Wildman–Crippen MR) is 81.8 cm³/mol. The van der Waals surface area contributed by atoms with E-state index in [2.05, 4.69) is 4.72 Å². The summed E-state index contributed by atoms with van der Waals surface area (Å²) in [6.45, 7) is 10.2. The number of nitrogens with one attached hydrogen (secondary N) is 1. The summed E-state index contributed by atoms with van der Waals surface area (Å²) in [5, 5.41) is 0. The topological polar surface area (TPSA) is 55.4 Å². The van der Waals surface area contributed by atoms with Crippen molar-refractivity contribution in [1.82, 2.24) is 4.72 Å². The molecule has 5 heteroatoms. The summed E-state index contributed by atoms with van der Waals surface area (Å²) in [7, 11) is -3.55. The van der Waals surface area contributed by atoms with E-state index >= 15 is 0 Å². The lowest BCUT2D eigenvalue weighted by Gasteiger charge is -2.17. The highest BCUT2D eigenvalue weighted by molar-refractivity contribution is 7.89. The maximum atomic E-state index is 12.5. The van der Waals surface area contributed by atoms with Crippen molar-refractivity contribution in [2.24, 2.45) is 0 Å². The molecule has 0 aliphatic carbocycles. The first-order chi connectivity index (χ1) is 9.31. The molecule has 0 amide bonds. The lowest BCUT2D eigenvalue weighted by molar-refractivity contribution is 0.308. The third-order valence-electron chi connectivity index (χ3n) is 3.28. The first-order valence-electron chi connectivity index (χ1n) is 7.08. The molecule has 0 aliphatic heterocycles. The van der Waals surface area contributed by atoms with Crippen molar-refractivity contribution in [1.29, 1.82) is 0 Å². The van der Waals surface area contributed by atoms with Gasteiger partial charge in [-0.1, -0.05) is 13.8 Å². The molecule has 1 N–H and O–H groups in total. The van der Waals surface area contributed by atoms with Gasteiger partial charge in [-0.2, -0.15) is 0 Å². The number of rotatable bonds is 7. The maximum Gasteiger partial charge on any atom is 0.244 e. The number of benzene rings is 1. The molecule has 20 heavy (non-hydrogen) atoms. The van der Waals surface area contributed by atoms with Gasteiger partial charge in [-0.25, -0.2) is 13.1 Å². The first-order valence-corrected chi connectivity index (χ1v) is 8.56. The largest absolute Gasteiger partial charge is 0.492 e. The molecule has 1 atom stereocenters. The third kappa shape index (κ3) is 4.21. The Balaban J connectivity index is 3.23. The van der Waals surface area contributed by atoms with E-state index in [-0.39, 0.29) is 10.9 Å². The molecular weight excluding hydrogens is 274 g/mol. The summed E-state index contributed by atoms with van der Waals surface area (Å²) >= 11 is 0. The second-order valence-corrected chi connectivity index (χ2v) is 6.84. The van der Waals surface area contributed by atoms with E-state index in [0.29, 0.717) is 12.4 Å². The van der Waals surface area contributed by atoms with Gasteiger partial charge in [0.05, 0.1) is 6.61 Å². The molecule has 1 aromatic carbocycles. The van der Waals surface area contributed by atoms with Crippen LogP contribution in [-0.2, 0) is 10.0 Å². The Labute approximate surface area is 122 Å². The van der Waals surface area contributed by atoms with Crippen molar-refractivity contribution in [3.63, 3.8) is 0 Å². The van der Waals surface area contributed by atoms with Gasteiger partial charge in [0, 0.05) is 6.04 Å². The van der Waals surface area contributed by atoms with E-state index in [1.54, 1.807) is 12.1 Å². The van der Waals surface area contributed by atoms with Crippen LogP contribution in [0.3, 0.4) is 0 Å².